The van der Waals surface area contributed by atoms with E-state index in [4.69, 9.17) is 10.5 Å². The fourth-order valence-corrected chi connectivity index (χ4v) is 3.16. The summed E-state index contributed by atoms with van der Waals surface area (Å²) in [6.45, 7) is 3.85. The minimum Gasteiger partial charge on any atom is -0.368 e. The predicted molar refractivity (Wildman–Crippen MR) is 71.2 cm³/mol. The summed E-state index contributed by atoms with van der Waals surface area (Å²) < 4.78 is 5.75. The molecule has 2 aliphatic rings. The van der Waals surface area contributed by atoms with Crippen molar-refractivity contribution in [1.82, 2.24) is 4.90 Å². The van der Waals surface area contributed by atoms with Gasteiger partial charge in [0.15, 0.2) is 0 Å². The molecule has 2 unspecified atom stereocenters. The van der Waals surface area contributed by atoms with Crippen LogP contribution < -0.4 is 5.73 Å². The maximum absolute atomic E-state index is 12.1. The number of rotatable bonds is 4. The number of hydrogen-bond acceptors (Lipinski definition) is 3. The van der Waals surface area contributed by atoms with Crippen molar-refractivity contribution < 1.29 is 9.53 Å². The summed E-state index contributed by atoms with van der Waals surface area (Å²) >= 11 is 0. The number of likely N-dealkylation sites (tertiary alicyclic amines) is 1. The van der Waals surface area contributed by atoms with E-state index in [2.05, 4.69) is 6.92 Å². The van der Waals surface area contributed by atoms with Crippen LogP contribution in [0.2, 0.25) is 0 Å². The Morgan fingerprint density at radius 3 is 2.67 bits per heavy atom. The first kappa shape index (κ1) is 13.8. The fourth-order valence-electron chi connectivity index (χ4n) is 3.16. The zero-order valence-corrected chi connectivity index (χ0v) is 11.4. The monoisotopic (exact) mass is 254 g/mol. The topological polar surface area (TPSA) is 55.6 Å². The molecule has 0 spiro atoms. The highest BCUT2D eigenvalue weighted by molar-refractivity contribution is 5.78. The third-order valence-electron chi connectivity index (χ3n) is 4.31. The first-order valence-electron chi connectivity index (χ1n) is 7.32. The van der Waals surface area contributed by atoms with Crippen LogP contribution in [0.4, 0.5) is 0 Å². The van der Waals surface area contributed by atoms with Gasteiger partial charge >= 0.3 is 0 Å². The Hall–Kier alpha value is -0.610. The highest BCUT2D eigenvalue weighted by atomic mass is 16.5. The number of nitrogens with two attached hydrogens (primary N) is 1. The van der Waals surface area contributed by atoms with Gasteiger partial charge in [0.1, 0.15) is 6.61 Å². The summed E-state index contributed by atoms with van der Waals surface area (Å²) in [6, 6.07) is 0.320. The van der Waals surface area contributed by atoms with Crippen LogP contribution in [0, 0.1) is 5.92 Å². The predicted octanol–water partition coefficient (Wildman–Crippen LogP) is 1.53. The van der Waals surface area contributed by atoms with Gasteiger partial charge in [-0.3, -0.25) is 4.79 Å². The van der Waals surface area contributed by atoms with Crippen molar-refractivity contribution in [2.75, 3.05) is 19.7 Å². The second-order valence-corrected chi connectivity index (χ2v) is 5.80. The largest absolute Gasteiger partial charge is 0.368 e. The Morgan fingerprint density at radius 1 is 1.33 bits per heavy atom. The molecule has 0 aromatic carbocycles. The molecule has 0 bridgehead atoms. The Morgan fingerprint density at radius 2 is 2.06 bits per heavy atom. The van der Waals surface area contributed by atoms with Crippen LogP contribution >= 0.6 is 0 Å². The number of carbonyl (C=O) groups is 1. The van der Waals surface area contributed by atoms with Crippen LogP contribution in [-0.4, -0.2) is 42.6 Å². The van der Waals surface area contributed by atoms with Gasteiger partial charge in [0.25, 0.3) is 0 Å². The SMILES string of the molecule is CC1CC(CN)CN1C(=O)COC1CCCCC1. The molecule has 104 valence electrons. The van der Waals surface area contributed by atoms with E-state index >= 15 is 0 Å². The standard InChI is InChI=1S/C14H26N2O2/c1-11-7-12(8-15)9-16(11)14(17)10-18-13-5-3-2-4-6-13/h11-13H,2-10,15H2,1H3. The van der Waals surface area contributed by atoms with Gasteiger partial charge < -0.3 is 15.4 Å². The molecule has 1 heterocycles. The zero-order chi connectivity index (χ0) is 13.0. The van der Waals surface area contributed by atoms with Gasteiger partial charge in [-0.15, -0.1) is 0 Å². The van der Waals surface area contributed by atoms with Crippen LogP contribution in [0.5, 0.6) is 0 Å². The average Bonchev–Trinajstić information content (AvgIpc) is 2.78. The first-order chi connectivity index (χ1) is 8.70. The smallest absolute Gasteiger partial charge is 0.248 e. The lowest BCUT2D eigenvalue weighted by Crippen LogP contribution is -2.38. The summed E-state index contributed by atoms with van der Waals surface area (Å²) in [7, 11) is 0. The van der Waals surface area contributed by atoms with Crippen LogP contribution in [0.25, 0.3) is 0 Å². The van der Waals surface area contributed by atoms with E-state index in [1.807, 2.05) is 4.90 Å². The van der Waals surface area contributed by atoms with E-state index in [1.165, 1.54) is 19.3 Å². The third-order valence-corrected chi connectivity index (χ3v) is 4.31. The van der Waals surface area contributed by atoms with Crippen molar-refractivity contribution in [3.05, 3.63) is 0 Å². The molecule has 2 N–H and O–H groups in total. The molecule has 4 nitrogen and oxygen atoms in total. The van der Waals surface area contributed by atoms with E-state index in [9.17, 15) is 4.79 Å². The Labute approximate surface area is 110 Å². The molecule has 1 aliphatic heterocycles. The van der Waals surface area contributed by atoms with E-state index in [1.54, 1.807) is 0 Å². The van der Waals surface area contributed by atoms with Crippen molar-refractivity contribution >= 4 is 5.91 Å². The molecular formula is C14H26N2O2. The molecule has 4 heteroatoms. The van der Waals surface area contributed by atoms with Crippen molar-refractivity contribution in [1.29, 1.82) is 0 Å². The molecule has 1 saturated heterocycles. The number of carbonyl (C=O) groups excluding carboxylic acids is 1. The lowest BCUT2D eigenvalue weighted by atomic mass is 9.98. The number of hydrogen-bond donors (Lipinski definition) is 1. The van der Waals surface area contributed by atoms with Crippen LogP contribution in [-0.2, 0) is 9.53 Å². The normalized spacial score (nSPS) is 29.8. The molecule has 1 saturated carbocycles. The molecule has 1 aliphatic carbocycles. The van der Waals surface area contributed by atoms with E-state index in [0.717, 1.165) is 25.8 Å². The van der Waals surface area contributed by atoms with Gasteiger partial charge in [0, 0.05) is 12.6 Å². The van der Waals surface area contributed by atoms with Crippen LogP contribution in [0.3, 0.4) is 0 Å². The van der Waals surface area contributed by atoms with Gasteiger partial charge in [-0.2, -0.15) is 0 Å². The van der Waals surface area contributed by atoms with Gasteiger partial charge in [-0.1, -0.05) is 19.3 Å². The second-order valence-electron chi connectivity index (χ2n) is 5.80. The summed E-state index contributed by atoms with van der Waals surface area (Å²) in [4.78, 5) is 14.1. The molecule has 0 aromatic rings. The van der Waals surface area contributed by atoms with E-state index < -0.39 is 0 Å². The van der Waals surface area contributed by atoms with Gasteiger partial charge in [0.2, 0.25) is 5.91 Å². The summed E-state index contributed by atoms with van der Waals surface area (Å²) in [6.07, 6.45) is 7.39. The Kier molecular flexibility index (Phi) is 5.01. The first-order valence-corrected chi connectivity index (χ1v) is 7.32. The molecule has 0 radical (unpaired) electrons. The summed E-state index contributed by atoms with van der Waals surface area (Å²) in [5, 5.41) is 0. The van der Waals surface area contributed by atoms with Crippen molar-refractivity contribution in [3.63, 3.8) is 0 Å². The van der Waals surface area contributed by atoms with Crippen molar-refractivity contribution in [2.45, 2.75) is 57.6 Å². The Balaban J connectivity index is 1.74. The fraction of sp³-hybridized carbons (Fsp3) is 0.929. The summed E-state index contributed by atoms with van der Waals surface area (Å²) in [5.41, 5.74) is 5.68. The molecule has 18 heavy (non-hydrogen) atoms. The number of amides is 1. The molecule has 1 amide bonds. The number of ether oxygens (including phenoxy) is 1. The van der Waals surface area contributed by atoms with Crippen molar-refractivity contribution in [3.8, 4) is 0 Å². The van der Waals surface area contributed by atoms with E-state index in [0.29, 0.717) is 24.6 Å². The molecular weight excluding hydrogens is 228 g/mol. The molecule has 0 aromatic heterocycles. The molecule has 2 atom stereocenters. The third kappa shape index (κ3) is 3.45. The lowest BCUT2D eigenvalue weighted by molar-refractivity contribution is -0.139. The lowest BCUT2D eigenvalue weighted by Gasteiger charge is -2.25. The van der Waals surface area contributed by atoms with Crippen LogP contribution in [0.15, 0.2) is 0 Å². The minimum absolute atomic E-state index is 0.143. The highest BCUT2D eigenvalue weighted by Crippen LogP contribution is 2.23. The van der Waals surface area contributed by atoms with Gasteiger partial charge in [0.05, 0.1) is 6.10 Å². The zero-order valence-electron chi connectivity index (χ0n) is 11.4. The van der Waals surface area contributed by atoms with Crippen molar-refractivity contribution in [2.24, 2.45) is 11.7 Å². The van der Waals surface area contributed by atoms with Gasteiger partial charge in [-0.25, -0.2) is 0 Å². The summed E-state index contributed by atoms with van der Waals surface area (Å²) in [5.74, 6) is 0.614. The highest BCUT2D eigenvalue weighted by Gasteiger charge is 2.31. The maximum Gasteiger partial charge on any atom is 0.248 e. The van der Waals surface area contributed by atoms with Gasteiger partial charge in [-0.05, 0) is 38.6 Å². The maximum atomic E-state index is 12.1. The van der Waals surface area contributed by atoms with E-state index in [-0.39, 0.29) is 12.5 Å². The average molecular weight is 254 g/mol. The Bertz CT molecular complexity index is 277. The second kappa shape index (κ2) is 6.53. The molecule has 2 fully saturated rings. The number of nitrogens with zero attached hydrogens (tertiary/aromatic N) is 1. The quantitative estimate of drug-likeness (QED) is 0.828. The minimum atomic E-state index is 0.143. The molecule has 2 rings (SSSR count). The van der Waals surface area contributed by atoms with Crippen LogP contribution in [0.1, 0.15) is 45.4 Å².